The van der Waals surface area contributed by atoms with Gasteiger partial charge in [0.2, 0.25) is 5.96 Å². The van der Waals surface area contributed by atoms with Crippen LogP contribution in [0.3, 0.4) is 0 Å². The van der Waals surface area contributed by atoms with Gasteiger partial charge in [0.1, 0.15) is 12.4 Å². The van der Waals surface area contributed by atoms with Crippen LogP contribution in [0, 0.1) is 0 Å². The summed E-state index contributed by atoms with van der Waals surface area (Å²) in [6.45, 7) is 1.68. The summed E-state index contributed by atoms with van der Waals surface area (Å²) in [6, 6.07) is 8.37. The minimum atomic E-state index is 0. The smallest absolute Gasteiger partial charge is 0.345 e. The highest BCUT2D eigenvalue weighted by Gasteiger charge is 2.16. The Bertz CT molecular complexity index is 897. The van der Waals surface area contributed by atoms with E-state index in [-0.39, 0.29) is 34.0 Å². The van der Waals surface area contributed by atoms with Crippen LogP contribution in [0.15, 0.2) is 52.1 Å². The molecule has 0 saturated heterocycles. The van der Waals surface area contributed by atoms with Crippen molar-refractivity contribution >= 4 is 45.5 Å². The molecule has 0 fully saturated rings. The van der Waals surface area contributed by atoms with Crippen molar-refractivity contribution in [2.24, 2.45) is 17.1 Å². The van der Waals surface area contributed by atoms with Gasteiger partial charge in [-0.05, 0) is 17.7 Å². The number of rotatable bonds is 3. The Morgan fingerprint density at radius 2 is 2.16 bits per heavy atom. The van der Waals surface area contributed by atoms with E-state index in [9.17, 15) is 0 Å². The maximum atomic E-state index is 4.22. The fraction of sp³-hybridized carbons (Fsp3) is 0.188. The first kappa shape index (κ1) is 19.6. The van der Waals surface area contributed by atoms with Crippen LogP contribution in [0.2, 0.25) is 0 Å². The number of hydrogen-bond donors (Lipinski definition) is 2. The van der Waals surface area contributed by atoms with Crippen LogP contribution in [0.5, 0.6) is 0 Å². The lowest BCUT2D eigenvalue weighted by Gasteiger charge is -2.00. The number of nitrogens with one attached hydrogen (secondary N) is 2. The molecule has 25 heavy (non-hydrogen) atoms. The Kier molecular flexibility index (Phi) is 6.74. The van der Waals surface area contributed by atoms with Crippen LogP contribution < -0.4 is 32.1 Å². The number of aromatic nitrogens is 2. The second-order valence-electron chi connectivity index (χ2n) is 5.32. The Labute approximate surface area is 170 Å². The van der Waals surface area contributed by atoms with Gasteiger partial charge in [0.15, 0.2) is 5.69 Å². The quantitative estimate of drug-likeness (QED) is 0.283. The van der Waals surface area contributed by atoms with Gasteiger partial charge >= 0.3 is 4.96 Å². The molecule has 4 rings (SSSR count). The third-order valence-corrected chi connectivity index (χ3v) is 4.74. The van der Waals surface area contributed by atoms with E-state index in [1.54, 1.807) is 17.6 Å². The maximum absolute atomic E-state index is 4.22. The molecule has 3 aromatic rings. The van der Waals surface area contributed by atoms with Crippen molar-refractivity contribution in [3.8, 4) is 11.3 Å². The van der Waals surface area contributed by atoms with Crippen LogP contribution >= 0.6 is 28.3 Å². The molecule has 1 aromatic carbocycles. The molecular formula is C16H18Br2N6S. The average molecular weight is 486 g/mol. The topological polar surface area (TPSA) is 57.8 Å². The summed E-state index contributed by atoms with van der Waals surface area (Å²) in [4.78, 5) is 5.44. The molecule has 0 aliphatic carbocycles. The lowest BCUT2D eigenvalue weighted by Crippen LogP contribution is -3.00. The molecule has 1 aliphatic rings. The largest absolute Gasteiger partial charge is 1.00 e. The molecule has 0 unspecified atom stereocenters. The van der Waals surface area contributed by atoms with Crippen molar-refractivity contribution < 1.29 is 21.4 Å². The fourth-order valence-corrected chi connectivity index (χ4v) is 3.41. The predicted molar refractivity (Wildman–Crippen MR) is 103 cm³/mol. The van der Waals surface area contributed by atoms with Crippen molar-refractivity contribution in [1.29, 1.82) is 0 Å². The van der Waals surface area contributed by atoms with Crippen LogP contribution in [-0.2, 0) is 7.05 Å². The maximum Gasteiger partial charge on any atom is 0.345 e. The molecular weight excluding hydrogens is 468 g/mol. The van der Waals surface area contributed by atoms with E-state index in [1.807, 2.05) is 0 Å². The Morgan fingerprint density at radius 1 is 1.36 bits per heavy atom. The van der Waals surface area contributed by atoms with Gasteiger partial charge in [0, 0.05) is 17.5 Å². The van der Waals surface area contributed by atoms with E-state index in [2.05, 4.69) is 78.9 Å². The minimum absolute atomic E-state index is 0. The molecule has 0 saturated carbocycles. The first-order valence-electron chi connectivity index (χ1n) is 7.43. The monoisotopic (exact) mass is 484 g/mol. The standard InChI is InChI=1S/C16H17N6S.2BrH/c1-21-14(11-22-8-9-23-16(21)22)13-4-2-12(3-5-13)10-19-20-15-17-6-7-18-15;;/h2-5,8-11H,6-7H2,1H3,(H2,17,18,20);2*1H/q+1;;/p-1/b19-10+;;. The van der Waals surface area contributed by atoms with E-state index in [0.717, 1.165) is 24.6 Å². The number of halogens is 2. The van der Waals surface area contributed by atoms with Crippen molar-refractivity contribution in [2.75, 3.05) is 13.1 Å². The molecule has 6 nitrogen and oxygen atoms in total. The minimum Gasteiger partial charge on any atom is -1.00 e. The van der Waals surface area contributed by atoms with E-state index >= 15 is 0 Å². The molecule has 0 radical (unpaired) electrons. The van der Waals surface area contributed by atoms with E-state index in [4.69, 9.17) is 0 Å². The zero-order valence-electron chi connectivity index (χ0n) is 13.5. The van der Waals surface area contributed by atoms with Gasteiger partial charge in [0.05, 0.1) is 19.8 Å². The molecule has 132 valence electrons. The van der Waals surface area contributed by atoms with Gasteiger partial charge in [-0.1, -0.05) is 23.5 Å². The summed E-state index contributed by atoms with van der Waals surface area (Å²) in [5, 5.41) is 9.40. The first-order valence-corrected chi connectivity index (χ1v) is 8.31. The third-order valence-electron chi connectivity index (χ3n) is 3.79. The van der Waals surface area contributed by atoms with Crippen molar-refractivity contribution in [3.05, 3.63) is 47.6 Å². The second kappa shape index (κ2) is 8.59. The van der Waals surface area contributed by atoms with E-state index in [0.29, 0.717) is 0 Å². The summed E-state index contributed by atoms with van der Waals surface area (Å²) in [5.74, 6) is 0.735. The number of hydrogen-bond acceptors (Lipinski definition) is 5. The summed E-state index contributed by atoms with van der Waals surface area (Å²) in [6.07, 6.45) is 6.03. The van der Waals surface area contributed by atoms with Gasteiger partial charge < -0.3 is 22.3 Å². The summed E-state index contributed by atoms with van der Waals surface area (Å²) in [5.41, 5.74) is 6.33. The Balaban J connectivity index is 0.00000113. The van der Waals surface area contributed by atoms with Crippen molar-refractivity contribution in [1.82, 2.24) is 15.3 Å². The van der Waals surface area contributed by atoms with Crippen LogP contribution in [0.25, 0.3) is 16.2 Å². The molecule has 9 heteroatoms. The number of fused-ring (bicyclic) bond motifs is 1. The third kappa shape index (κ3) is 4.10. The van der Waals surface area contributed by atoms with Gasteiger partial charge in [-0.3, -0.25) is 0 Å². The number of benzene rings is 1. The molecule has 0 spiro atoms. The summed E-state index contributed by atoms with van der Waals surface area (Å²) >= 11 is 1.74. The normalized spacial score (nSPS) is 13.2. The number of aliphatic imine (C=N–C) groups is 1. The van der Waals surface area contributed by atoms with Gasteiger partial charge in [-0.15, -0.1) is 17.0 Å². The van der Waals surface area contributed by atoms with Crippen molar-refractivity contribution in [2.45, 2.75) is 0 Å². The zero-order valence-corrected chi connectivity index (χ0v) is 17.6. The number of aryl methyl sites for hydroxylation is 1. The van der Waals surface area contributed by atoms with Gasteiger partial charge in [0.25, 0.3) is 0 Å². The highest BCUT2D eigenvalue weighted by Crippen LogP contribution is 2.21. The van der Waals surface area contributed by atoms with Crippen LogP contribution in [0.1, 0.15) is 5.56 Å². The number of hydrazone groups is 1. The molecule has 0 amide bonds. The van der Waals surface area contributed by atoms with E-state index < -0.39 is 0 Å². The molecule has 2 aromatic heterocycles. The zero-order chi connectivity index (χ0) is 15.6. The fourth-order valence-electron chi connectivity index (χ4n) is 2.60. The second-order valence-corrected chi connectivity index (χ2v) is 6.19. The van der Waals surface area contributed by atoms with Crippen LogP contribution in [0.4, 0.5) is 0 Å². The molecule has 3 heterocycles. The molecule has 0 atom stereocenters. The Hall–Kier alpha value is -1.71. The highest BCUT2D eigenvalue weighted by molar-refractivity contribution is 8.93. The Morgan fingerprint density at radius 3 is 2.84 bits per heavy atom. The average Bonchev–Trinajstić information content (AvgIpc) is 3.28. The van der Waals surface area contributed by atoms with E-state index in [1.165, 1.54) is 16.2 Å². The SMILES string of the molecule is Br.Cn1c(-c2ccc(/C=N/NC3=NCCN3)cc2)c[n+]2ccsc12.[Br-]. The lowest BCUT2D eigenvalue weighted by atomic mass is 10.1. The highest BCUT2D eigenvalue weighted by atomic mass is 79.9. The predicted octanol–water partition coefficient (Wildman–Crippen LogP) is -1.04. The number of thiazole rings is 1. The molecule has 0 bridgehead atoms. The van der Waals surface area contributed by atoms with Crippen molar-refractivity contribution in [3.63, 3.8) is 0 Å². The summed E-state index contributed by atoms with van der Waals surface area (Å²) in [7, 11) is 2.09. The lowest BCUT2D eigenvalue weighted by molar-refractivity contribution is -0.505. The van der Waals surface area contributed by atoms with Crippen LogP contribution in [-0.4, -0.2) is 29.8 Å². The number of nitrogens with zero attached hydrogens (tertiary/aromatic N) is 4. The molecule has 1 aliphatic heterocycles. The molecule has 2 N–H and O–H groups in total. The summed E-state index contributed by atoms with van der Waals surface area (Å²) < 4.78 is 4.35. The van der Waals surface area contributed by atoms with Gasteiger partial charge in [-0.2, -0.15) is 9.50 Å². The number of imidazole rings is 1. The first-order chi connectivity index (χ1) is 11.3. The number of guanidine groups is 1. The van der Waals surface area contributed by atoms with Gasteiger partial charge in [-0.25, -0.2) is 15.0 Å².